The van der Waals surface area contributed by atoms with Gasteiger partial charge in [-0.25, -0.2) is 4.39 Å². The Bertz CT molecular complexity index is 514. The first kappa shape index (κ1) is 12.0. The lowest BCUT2D eigenvalue weighted by atomic mass is 10.1. The van der Waals surface area contributed by atoms with Crippen molar-refractivity contribution in [2.45, 2.75) is 6.04 Å². The molecule has 2 N–H and O–H groups in total. The second-order valence-corrected chi connectivity index (χ2v) is 5.89. The summed E-state index contributed by atoms with van der Waals surface area (Å²) in [6.45, 7) is 0. The van der Waals surface area contributed by atoms with E-state index in [1.807, 2.05) is 6.07 Å². The third-order valence-electron chi connectivity index (χ3n) is 2.20. The van der Waals surface area contributed by atoms with Crippen LogP contribution < -0.4 is 5.73 Å². The van der Waals surface area contributed by atoms with Gasteiger partial charge in [-0.15, -0.1) is 11.3 Å². The van der Waals surface area contributed by atoms with Crippen molar-refractivity contribution >= 4 is 38.9 Å². The molecule has 0 aliphatic rings. The van der Waals surface area contributed by atoms with E-state index in [0.717, 1.165) is 10.4 Å². The number of hydrogen-bond acceptors (Lipinski definition) is 2. The number of hydrogen-bond donors (Lipinski definition) is 1. The highest BCUT2D eigenvalue weighted by atomic mass is 79.9. The summed E-state index contributed by atoms with van der Waals surface area (Å²) in [5, 5.41) is 0. The molecule has 0 saturated carbocycles. The highest BCUT2D eigenvalue weighted by Gasteiger charge is 2.12. The Morgan fingerprint density at radius 2 is 2.06 bits per heavy atom. The summed E-state index contributed by atoms with van der Waals surface area (Å²) in [7, 11) is 0. The van der Waals surface area contributed by atoms with Crippen molar-refractivity contribution in [1.29, 1.82) is 0 Å². The van der Waals surface area contributed by atoms with Crippen molar-refractivity contribution in [2.75, 3.05) is 0 Å². The molecule has 0 bridgehead atoms. The fourth-order valence-corrected chi connectivity index (χ4v) is 2.85. The molecule has 5 heteroatoms. The minimum absolute atomic E-state index is 0.269. The van der Waals surface area contributed by atoms with Gasteiger partial charge in [0.15, 0.2) is 0 Å². The first-order valence-corrected chi connectivity index (χ1v) is 6.52. The summed E-state index contributed by atoms with van der Waals surface area (Å²) >= 11 is 10.4. The van der Waals surface area contributed by atoms with Crippen LogP contribution in [0, 0.1) is 5.82 Å². The minimum Gasteiger partial charge on any atom is -0.320 e. The van der Waals surface area contributed by atoms with E-state index in [4.69, 9.17) is 17.3 Å². The standard InChI is InChI=1S/C11H8BrClFNS/c12-7-5-6(1-2-8(7)14)11(15)9-3-4-10(13)16-9/h1-5,11H,15H2. The minimum atomic E-state index is -0.292. The van der Waals surface area contributed by atoms with Gasteiger partial charge in [0.1, 0.15) is 5.82 Å². The first-order valence-electron chi connectivity index (χ1n) is 4.53. The van der Waals surface area contributed by atoms with Crippen LogP contribution >= 0.6 is 38.9 Å². The largest absolute Gasteiger partial charge is 0.320 e. The third kappa shape index (κ3) is 2.46. The van der Waals surface area contributed by atoms with Crippen LogP contribution in [0.5, 0.6) is 0 Å². The topological polar surface area (TPSA) is 26.0 Å². The summed E-state index contributed by atoms with van der Waals surface area (Å²) < 4.78 is 14.2. The van der Waals surface area contributed by atoms with Crippen LogP contribution in [0.4, 0.5) is 4.39 Å². The predicted octanol–water partition coefficient (Wildman–Crippen LogP) is 4.35. The molecule has 84 valence electrons. The summed E-state index contributed by atoms with van der Waals surface area (Å²) in [5.41, 5.74) is 6.91. The van der Waals surface area contributed by atoms with Gasteiger partial charge in [-0.05, 0) is 45.8 Å². The molecule has 1 heterocycles. The smallest absolute Gasteiger partial charge is 0.137 e. The van der Waals surface area contributed by atoms with Gasteiger partial charge in [0.05, 0.1) is 14.9 Å². The molecule has 0 fully saturated rings. The highest BCUT2D eigenvalue weighted by Crippen LogP contribution is 2.30. The molecule has 0 spiro atoms. The first-order chi connectivity index (χ1) is 7.58. The van der Waals surface area contributed by atoms with Crippen LogP contribution in [0.1, 0.15) is 16.5 Å². The van der Waals surface area contributed by atoms with Crippen LogP contribution in [-0.4, -0.2) is 0 Å². The van der Waals surface area contributed by atoms with E-state index < -0.39 is 0 Å². The van der Waals surface area contributed by atoms with E-state index in [-0.39, 0.29) is 11.9 Å². The molecule has 0 amide bonds. The molecule has 0 radical (unpaired) electrons. The van der Waals surface area contributed by atoms with Crippen LogP contribution in [0.2, 0.25) is 4.34 Å². The zero-order valence-electron chi connectivity index (χ0n) is 8.08. The van der Waals surface area contributed by atoms with Crippen molar-refractivity contribution in [3.63, 3.8) is 0 Å². The Hall–Kier alpha value is -0.420. The van der Waals surface area contributed by atoms with E-state index >= 15 is 0 Å². The Morgan fingerprint density at radius 3 is 2.62 bits per heavy atom. The number of thiophene rings is 1. The molecule has 2 aromatic rings. The lowest BCUT2D eigenvalue weighted by molar-refractivity contribution is 0.619. The Balaban J connectivity index is 2.33. The summed E-state index contributed by atoms with van der Waals surface area (Å²) in [6.07, 6.45) is 0. The fourth-order valence-electron chi connectivity index (χ4n) is 1.37. The van der Waals surface area contributed by atoms with Gasteiger partial charge in [0.25, 0.3) is 0 Å². The maximum Gasteiger partial charge on any atom is 0.137 e. The van der Waals surface area contributed by atoms with Gasteiger partial charge in [-0.2, -0.15) is 0 Å². The normalized spacial score (nSPS) is 12.8. The zero-order valence-corrected chi connectivity index (χ0v) is 11.2. The molecular weight excluding hydrogens is 313 g/mol. The van der Waals surface area contributed by atoms with Crippen molar-refractivity contribution in [1.82, 2.24) is 0 Å². The predicted molar refractivity (Wildman–Crippen MR) is 69.5 cm³/mol. The van der Waals surface area contributed by atoms with Crippen LogP contribution in [0.15, 0.2) is 34.8 Å². The molecule has 0 aliphatic carbocycles. The second kappa shape index (κ2) is 4.84. The Morgan fingerprint density at radius 1 is 1.31 bits per heavy atom. The van der Waals surface area contributed by atoms with Gasteiger partial charge in [0, 0.05) is 4.88 Å². The monoisotopic (exact) mass is 319 g/mol. The van der Waals surface area contributed by atoms with Crippen molar-refractivity contribution in [3.8, 4) is 0 Å². The number of halogens is 3. The van der Waals surface area contributed by atoms with E-state index in [9.17, 15) is 4.39 Å². The van der Waals surface area contributed by atoms with Gasteiger partial charge >= 0.3 is 0 Å². The fraction of sp³-hybridized carbons (Fsp3) is 0.0909. The van der Waals surface area contributed by atoms with E-state index in [2.05, 4.69) is 15.9 Å². The average Bonchev–Trinajstić information content (AvgIpc) is 2.68. The quantitative estimate of drug-likeness (QED) is 0.874. The molecule has 1 aromatic heterocycles. The molecule has 1 nitrogen and oxygen atoms in total. The molecule has 1 unspecified atom stereocenters. The van der Waals surface area contributed by atoms with Gasteiger partial charge in [-0.3, -0.25) is 0 Å². The number of rotatable bonds is 2. The third-order valence-corrected chi connectivity index (χ3v) is 4.13. The van der Waals surface area contributed by atoms with Crippen LogP contribution in [0.25, 0.3) is 0 Å². The SMILES string of the molecule is NC(c1ccc(F)c(Br)c1)c1ccc(Cl)s1. The summed E-state index contributed by atoms with van der Waals surface area (Å²) in [5.74, 6) is -0.292. The molecule has 0 saturated heterocycles. The lowest BCUT2D eigenvalue weighted by Gasteiger charge is -2.10. The van der Waals surface area contributed by atoms with Crippen molar-refractivity contribution in [2.24, 2.45) is 5.73 Å². The Kier molecular flexibility index (Phi) is 3.64. The van der Waals surface area contributed by atoms with Crippen molar-refractivity contribution < 1.29 is 4.39 Å². The average molecular weight is 321 g/mol. The van der Waals surface area contributed by atoms with Crippen LogP contribution in [-0.2, 0) is 0 Å². The van der Waals surface area contributed by atoms with E-state index in [1.165, 1.54) is 17.4 Å². The maximum atomic E-state index is 13.1. The summed E-state index contributed by atoms with van der Waals surface area (Å²) in [6, 6.07) is 8.18. The number of benzene rings is 1. The zero-order chi connectivity index (χ0) is 11.7. The lowest BCUT2D eigenvalue weighted by Crippen LogP contribution is -2.10. The summed E-state index contributed by atoms with van der Waals surface area (Å²) in [4.78, 5) is 0.962. The molecule has 16 heavy (non-hydrogen) atoms. The van der Waals surface area contributed by atoms with Gasteiger partial charge in [0.2, 0.25) is 0 Å². The van der Waals surface area contributed by atoms with E-state index in [1.54, 1.807) is 18.2 Å². The number of nitrogens with two attached hydrogens (primary N) is 1. The second-order valence-electron chi connectivity index (χ2n) is 3.29. The molecule has 1 aromatic carbocycles. The van der Waals surface area contributed by atoms with Crippen LogP contribution in [0.3, 0.4) is 0 Å². The van der Waals surface area contributed by atoms with E-state index in [0.29, 0.717) is 8.81 Å². The van der Waals surface area contributed by atoms with Gasteiger partial charge in [-0.1, -0.05) is 17.7 Å². The highest BCUT2D eigenvalue weighted by molar-refractivity contribution is 9.10. The van der Waals surface area contributed by atoms with Crippen molar-refractivity contribution in [3.05, 3.63) is 55.4 Å². The Labute approximate surface area is 110 Å². The van der Waals surface area contributed by atoms with Gasteiger partial charge < -0.3 is 5.73 Å². The molecule has 1 atom stereocenters. The maximum absolute atomic E-state index is 13.1. The molecule has 2 rings (SSSR count). The molecular formula is C11H8BrClFNS. The molecule has 0 aliphatic heterocycles.